The van der Waals surface area contributed by atoms with Crippen molar-refractivity contribution in [3.05, 3.63) is 12.7 Å². The first-order chi connectivity index (χ1) is 9.41. The summed E-state index contributed by atoms with van der Waals surface area (Å²) < 4.78 is 0. The van der Waals surface area contributed by atoms with E-state index in [1.807, 2.05) is 0 Å². The number of allylic oxidation sites excluding steroid dienone is 1. The molecule has 0 aromatic heterocycles. The summed E-state index contributed by atoms with van der Waals surface area (Å²) >= 11 is 0. The fraction of sp³-hybridized carbons (Fsp3) is 0.900. The average molecular weight is 281 g/mol. The van der Waals surface area contributed by atoms with Crippen molar-refractivity contribution in [2.75, 3.05) is 0 Å². The normalized spacial score (nSPS) is 15.3. The van der Waals surface area contributed by atoms with E-state index in [-0.39, 0.29) is 0 Å². The van der Waals surface area contributed by atoms with Crippen LogP contribution in [-0.4, -0.2) is 0 Å². The number of rotatable bonds is 12. The fourth-order valence-electron chi connectivity index (χ4n) is 3.41. The summed E-state index contributed by atoms with van der Waals surface area (Å²) in [7, 11) is 0. The topological polar surface area (TPSA) is 0 Å². The highest BCUT2D eigenvalue weighted by atomic mass is 14.3. The van der Waals surface area contributed by atoms with Gasteiger partial charge in [-0.2, -0.15) is 0 Å². The van der Waals surface area contributed by atoms with Crippen LogP contribution in [0.5, 0.6) is 0 Å². The lowest BCUT2D eigenvalue weighted by molar-refractivity contribution is 0.206. The molecule has 0 heteroatoms. The number of hydrogen-bond donors (Lipinski definition) is 0. The third kappa shape index (κ3) is 7.50. The van der Waals surface area contributed by atoms with Crippen LogP contribution in [0.15, 0.2) is 12.7 Å². The van der Waals surface area contributed by atoms with Gasteiger partial charge in [-0.05, 0) is 36.0 Å². The van der Waals surface area contributed by atoms with Crippen molar-refractivity contribution in [1.82, 2.24) is 0 Å². The Morgan fingerprint density at radius 3 is 1.95 bits per heavy atom. The van der Waals surface area contributed by atoms with Gasteiger partial charge in [0.2, 0.25) is 0 Å². The van der Waals surface area contributed by atoms with Gasteiger partial charge in [0.05, 0.1) is 0 Å². The molecule has 0 amide bonds. The smallest absolute Gasteiger partial charge is 0.0234 e. The lowest BCUT2D eigenvalue weighted by atomic mass is 9.74. The van der Waals surface area contributed by atoms with Gasteiger partial charge >= 0.3 is 0 Å². The molecule has 120 valence electrons. The average Bonchev–Trinajstić information content (AvgIpc) is 2.43. The first-order valence-electron chi connectivity index (χ1n) is 9.04. The van der Waals surface area contributed by atoms with Gasteiger partial charge in [0.15, 0.2) is 0 Å². The van der Waals surface area contributed by atoms with Crippen molar-refractivity contribution in [3.63, 3.8) is 0 Å². The summed E-state index contributed by atoms with van der Waals surface area (Å²) in [5.41, 5.74) is 0.521. The van der Waals surface area contributed by atoms with Gasteiger partial charge in [-0.15, -0.1) is 6.58 Å². The zero-order chi connectivity index (χ0) is 15.6. The molecule has 2 atom stereocenters. The van der Waals surface area contributed by atoms with E-state index in [2.05, 4.69) is 54.2 Å². The monoisotopic (exact) mass is 280 g/mol. The molecule has 0 bridgehead atoms. The summed E-state index contributed by atoms with van der Waals surface area (Å²) in [6.45, 7) is 18.2. The molecule has 0 fully saturated rings. The molecule has 0 aliphatic carbocycles. The molecule has 0 aliphatic rings. The van der Waals surface area contributed by atoms with Crippen molar-refractivity contribution in [2.24, 2.45) is 23.2 Å². The van der Waals surface area contributed by atoms with E-state index in [1.54, 1.807) is 0 Å². The van der Waals surface area contributed by atoms with Gasteiger partial charge in [-0.1, -0.05) is 86.1 Å². The summed E-state index contributed by atoms with van der Waals surface area (Å²) in [6.07, 6.45) is 13.1. The summed E-state index contributed by atoms with van der Waals surface area (Å²) in [4.78, 5) is 0. The molecule has 2 unspecified atom stereocenters. The van der Waals surface area contributed by atoms with Gasteiger partial charge in [-0.3, -0.25) is 0 Å². The van der Waals surface area contributed by atoms with E-state index in [0.717, 1.165) is 11.8 Å². The summed E-state index contributed by atoms with van der Waals surface area (Å²) in [5, 5.41) is 0. The molecule has 0 heterocycles. The maximum absolute atomic E-state index is 4.06. The predicted octanol–water partition coefficient (Wildman–Crippen LogP) is 7.25. The predicted molar refractivity (Wildman–Crippen MR) is 94.1 cm³/mol. The highest BCUT2D eigenvalue weighted by Gasteiger charge is 2.25. The molecule has 0 nitrogen and oxygen atoms in total. The van der Waals surface area contributed by atoms with E-state index in [9.17, 15) is 0 Å². The molecule has 0 aromatic carbocycles. The van der Waals surface area contributed by atoms with Gasteiger partial charge in [0, 0.05) is 0 Å². The van der Waals surface area contributed by atoms with Crippen LogP contribution in [0, 0.1) is 23.2 Å². The van der Waals surface area contributed by atoms with Crippen molar-refractivity contribution in [3.8, 4) is 0 Å². The molecule has 0 spiro atoms. The summed E-state index contributed by atoms with van der Waals surface area (Å²) in [5.74, 6) is 2.42. The van der Waals surface area contributed by atoms with E-state index >= 15 is 0 Å². The first-order valence-corrected chi connectivity index (χ1v) is 9.04. The van der Waals surface area contributed by atoms with Gasteiger partial charge in [0.25, 0.3) is 0 Å². The lowest BCUT2D eigenvalue weighted by Gasteiger charge is -2.32. The van der Waals surface area contributed by atoms with E-state index in [1.165, 1.54) is 51.4 Å². The Bertz CT molecular complexity index is 232. The zero-order valence-electron chi connectivity index (χ0n) is 15.2. The third-order valence-corrected chi connectivity index (χ3v) is 5.32. The largest absolute Gasteiger partial charge is 0.103 e. The molecule has 20 heavy (non-hydrogen) atoms. The molecule has 0 aliphatic heterocycles. The van der Waals surface area contributed by atoms with Gasteiger partial charge < -0.3 is 0 Å². The Hall–Kier alpha value is -0.260. The maximum Gasteiger partial charge on any atom is -0.0234 e. The second-order valence-corrected chi connectivity index (χ2v) is 7.51. The minimum atomic E-state index is 0.521. The minimum absolute atomic E-state index is 0.521. The maximum atomic E-state index is 4.06. The molecule has 0 radical (unpaired) electrons. The van der Waals surface area contributed by atoms with E-state index in [0.29, 0.717) is 11.3 Å². The quantitative estimate of drug-likeness (QED) is 0.330. The minimum Gasteiger partial charge on any atom is -0.103 e. The van der Waals surface area contributed by atoms with Gasteiger partial charge in [-0.25, -0.2) is 0 Å². The van der Waals surface area contributed by atoms with Crippen LogP contribution < -0.4 is 0 Å². The molecule has 0 aromatic rings. The Balaban J connectivity index is 4.57. The molecule has 0 N–H and O–H groups in total. The van der Waals surface area contributed by atoms with Crippen LogP contribution in [0.4, 0.5) is 0 Å². The van der Waals surface area contributed by atoms with Crippen molar-refractivity contribution in [2.45, 2.75) is 92.9 Å². The molecule has 0 rings (SSSR count). The SMILES string of the molecule is C=CC(C)C(CCCC(C)(C)CC)C(CCC)CCC. The molecular formula is C20H40. The van der Waals surface area contributed by atoms with E-state index in [4.69, 9.17) is 0 Å². The van der Waals surface area contributed by atoms with Crippen LogP contribution in [0.25, 0.3) is 0 Å². The second kappa shape index (κ2) is 10.5. The standard InChI is InChI=1S/C20H40/c1-8-13-18(14-9-2)19(17(5)10-3)15-12-16-20(6,7)11-4/h10,17-19H,3,8-9,11-16H2,1-2,4-7H3. The van der Waals surface area contributed by atoms with E-state index < -0.39 is 0 Å². The molecule has 0 saturated heterocycles. The Labute approximate surface area is 129 Å². The second-order valence-electron chi connectivity index (χ2n) is 7.51. The van der Waals surface area contributed by atoms with Crippen LogP contribution in [0.2, 0.25) is 0 Å². The summed E-state index contributed by atoms with van der Waals surface area (Å²) in [6, 6.07) is 0. The number of hydrogen-bond acceptors (Lipinski definition) is 0. The lowest BCUT2D eigenvalue weighted by Crippen LogP contribution is -2.22. The third-order valence-electron chi connectivity index (χ3n) is 5.32. The van der Waals surface area contributed by atoms with Crippen LogP contribution in [0.3, 0.4) is 0 Å². The highest BCUT2D eigenvalue weighted by Crippen LogP contribution is 2.36. The van der Waals surface area contributed by atoms with Crippen LogP contribution in [0.1, 0.15) is 92.9 Å². The van der Waals surface area contributed by atoms with Gasteiger partial charge in [0.1, 0.15) is 0 Å². The Morgan fingerprint density at radius 2 is 1.55 bits per heavy atom. The van der Waals surface area contributed by atoms with Crippen LogP contribution >= 0.6 is 0 Å². The Morgan fingerprint density at radius 1 is 1.00 bits per heavy atom. The van der Waals surface area contributed by atoms with Crippen molar-refractivity contribution in [1.29, 1.82) is 0 Å². The fourth-order valence-corrected chi connectivity index (χ4v) is 3.41. The van der Waals surface area contributed by atoms with Crippen molar-refractivity contribution < 1.29 is 0 Å². The zero-order valence-corrected chi connectivity index (χ0v) is 15.2. The molecular weight excluding hydrogens is 240 g/mol. The van der Waals surface area contributed by atoms with Crippen LogP contribution in [-0.2, 0) is 0 Å². The first kappa shape index (κ1) is 19.7. The van der Waals surface area contributed by atoms with Crippen molar-refractivity contribution >= 4 is 0 Å². The molecule has 0 saturated carbocycles. The highest BCUT2D eigenvalue weighted by molar-refractivity contribution is 4.85. The Kier molecular flexibility index (Phi) is 10.3.